The number of carbonyl (C=O) groups excluding carboxylic acids is 5. The SMILES string of the molecule is [C-]#[N+]c1ccc(OC2CCN(C(=O)c3ccc(N4CCC5(CC4)CN(CC4CCN(c6ccc7c(c6)C(=O)N(C6CCC(=O)NC6=O)C7=O)CC4)C5)cc3)CC2)cc1Cl. The molecule has 0 saturated carbocycles. The van der Waals surface area contributed by atoms with E-state index in [9.17, 15) is 24.0 Å². The maximum absolute atomic E-state index is 13.4. The second-order valence-corrected chi connectivity index (χ2v) is 17.6. The van der Waals surface area contributed by atoms with E-state index in [4.69, 9.17) is 22.9 Å². The van der Waals surface area contributed by atoms with Gasteiger partial charge in [-0.2, -0.15) is 0 Å². The fourth-order valence-corrected chi connectivity index (χ4v) is 10.2. The van der Waals surface area contributed by atoms with Crippen LogP contribution in [0.25, 0.3) is 4.85 Å². The summed E-state index contributed by atoms with van der Waals surface area (Å²) in [5.41, 5.74) is 4.22. The lowest BCUT2D eigenvalue weighted by atomic mass is 9.71. The van der Waals surface area contributed by atoms with Gasteiger partial charge in [0.25, 0.3) is 17.7 Å². The van der Waals surface area contributed by atoms with E-state index >= 15 is 0 Å². The number of nitrogens with zero attached hydrogens (tertiary/aromatic N) is 6. The third-order valence-electron chi connectivity index (χ3n) is 13.4. The van der Waals surface area contributed by atoms with Gasteiger partial charge < -0.3 is 24.3 Å². The Morgan fingerprint density at radius 2 is 1.47 bits per heavy atom. The summed E-state index contributed by atoms with van der Waals surface area (Å²) >= 11 is 6.17. The Kier molecular flexibility index (Phi) is 10.6. The van der Waals surface area contributed by atoms with Gasteiger partial charge in [0.15, 0.2) is 0 Å². The van der Waals surface area contributed by atoms with E-state index < -0.39 is 23.8 Å². The van der Waals surface area contributed by atoms with Gasteiger partial charge in [0.2, 0.25) is 17.5 Å². The highest BCUT2D eigenvalue weighted by Gasteiger charge is 2.46. The summed E-state index contributed by atoms with van der Waals surface area (Å²) in [6.07, 6.45) is 6.16. The van der Waals surface area contributed by atoms with Crippen molar-refractivity contribution in [1.29, 1.82) is 0 Å². The van der Waals surface area contributed by atoms with Crippen molar-refractivity contribution in [2.45, 2.75) is 63.5 Å². The zero-order valence-electron chi connectivity index (χ0n) is 33.0. The number of hydrogen-bond donors (Lipinski definition) is 1. The van der Waals surface area contributed by atoms with E-state index in [-0.39, 0.29) is 30.8 Å². The van der Waals surface area contributed by atoms with Gasteiger partial charge in [0.05, 0.1) is 22.7 Å². The van der Waals surface area contributed by atoms with Gasteiger partial charge in [-0.1, -0.05) is 17.7 Å². The third-order valence-corrected chi connectivity index (χ3v) is 13.7. The van der Waals surface area contributed by atoms with E-state index in [0.29, 0.717) is 57.6 Å². The van der Waals surface area contributed by atoms with Crippen molar-refractivity contribution in [3.05, 3.63) is 93.8 Å². The molecule has 6 heterocycles. The number of benzene rings is 3. The monoisotopic (exact) mass is 817 g/mol. The van der Waals surface area contributed by atoms with Gasteiger partial charge in [-0.3, -0.25) is 34.2 Å². The molecule has 5 amide bonds. The number of nitrogens with one attached hydrogen (secondary N) is 1. The van der Waals surface area contributed by atoms with Crippen molar-refractivity contribution in [3.63, 3.8) is 0 Å². The van der Waals surface area contributed by atoms with Crippen LogP contribution >= 0.6 is 11.6 Å². The highest BCUT2D eigenvalue weighted by molar-refractivity contribution is 6.33. The summed E-state index contributed by atoms with van der Waals surface area (Å²) in [6, 6.07) is 17.7. The molecule has 6 aliphatic rings. The van der Waals surface area contributed by atoms with E-state index in [1.54, 1.807) is 30.3 Å². The average Bonchev–Trinajstić information content (AvgIpc) is 3.48. The lowest BCUT2D eigenvalue weighted by Crippen LogP contribution is -2.61. The summed E-state index contributed by atoms with van der Waals surface area (Å²) in [5, 5.41) is 2.64. The number of amides is 5. The molecule has 59 heavy (non-hydrogen) atoms. The summed E-state index contributed by atoms with van der Waals surface area (Å²) in [7, 11) is 0. The lowest BCUT2D eigenvalue weighted by molar-refractivity contribution is -0.136. The van der Waals surface area contributed by atoms with Gasteiger partial charge in [-0.15, -0.1) is 0 Å². The minimum Gasteiger partial charge on any atom is -0.490 e. The second-order valence-electron chi connectivity index (χ2n) is 17.1. The fourth-order valence-electron chi connectivity index (χ4n) is 10.00. The maximum atomic E-state index is 13.4. The van der Waals surface area contributed by atoms with Gasteiger partial charge >= 0.3 is 0 Å². The molecule has 0 radical (unpaired) electrons. The molecule has 14 heteroatoms. The van der Waals surface area contributed by atoms with Crippen molar-refractivity contribution in [3.8, 4) is 5.75 Å². The average molecular weight is 818 g/mol. The van der Waals surface area contributed by atoms with Crippen molar-refractivity contribution in [2.24, 2.45) is 11.3 Å². The summed E-state index contributed by atoms with van der Waals surface area (Å²) in [4.78, 5) is 77.6. The molecule has 3 aromatic rings. The first kappa shape index (κ1) is 39.0. The van der Waals surface area contributed by atoms with Crippen LogP contribution in [-0.2, 0) is 9.59 Å². The molecule has 306 valence electrons. The van der Waals surface area contributed by atoms with E-state index in [1.165, 1.54) is 5.69 Å². The molecule has 1 atom stereocenters. The minimum atomic E-state index is -0.961. The molecule has 3 aromatic carbocycles. The first-order valence-corrected chi connectivity index (χ1v) is 21.3. The fraction of sp³-hybridized carbons (Fsp3) is 0.467. The molecule has 5 saturated heterocycles. The number of imide groups is 2. The zero-order valence-corrected chi connectivity index (χ0v) is 33.8. The van der Waals surface area contributed by atoms with Crippen LogP contribution in [0.2, 0.25) is 5.02 Å². The zero-order chi connectivity index (χ0) is 40.8. The summed E-state index contributed by atoms with van der Waals surface area (Å²) in [5.74, 6) is -0.618. The molecule has 0 aliphatic carbocycles. The smallest absolute Gasteiger partial charge is 0.262 e. The van der Waals surface area contributed by atoms with Crippen molar-refractivity contribution < 1.29 is 28.7 Å². The van der Waals surface area contributed by atoms with Gasteiger partial charge in [-0.05, 0) is 98.0 Å². The molecule has 0 aromatic heterocycles. The van der Waals surface area contributed by atoms with Crippen LogP contribution in [0.5, 0.6) is 5.75 Å². The van der Waals surface area contributed by atoms with Gasteiger partial charge in [-0.25, -0.2) is 4.85 Å². The molecule has 1 N–H and O–H groups in total. The van der Waals surface area contributed by atoms with Crippen LogP contribution in [0.15, 0.2) is 60.7 Å². The van der Waals surface area contributed by atoms with Crippen molar-refractivity contribution in [2.75, 3.05) is 68.7 Å². The Balaban J connectivity index is 0.696. The van der Waals surface area contributed by atoms with E-state index in [0.717, 1.165) is 94.9 Å². The Labute approximate surface area is 349 Å². The van der Waals surface area contributed by atoms with Gasteiger partial charge in [0.1, 0.15) is 17.9 Å². The largest absolute Gasteiger partial charge is 0.490 e. The van der Waals surface area contributed by atoms with Crippen molar-refractivity contribution >= 4 is 58.2 Å². The molecule has 0 bridgehead atoms. The predicted molar refractivity (Wildman–Crippen MR) is 222 cm³/mol. The van der Waals surface area contributed by atoms with Crippen LogP contribution in [-0.4, -0.2) is 115 Å². The first-order chi connectivity index (χ1) is 28.6. The Hall–Kier alpha value is -5.45. The molecule has 6 aliphatic heterocycles. The van der Waals surface area contributed by atoms with Crippen LogP contribution < -0.4 is 19.9 Å². The second kappa shape index (κ2) is 16.0. The van der Waals surface area contributed by atoms with Crippen molar-refractivity contribution in [1.82, 2.24) is 20.0 Å². The Morgan fingerprint density at radius 3 is 2.15 bits per heavy atom. The number of likely N-dealkylation sites (tertiary alicyclic amines) is 2. The minimum absolute atomic E-state index is 0.00272. The number of fused-ring (bicyclic) bond motifs is 1. The third kappa shape index (κ3) is 7.76. The van der Waals surface area contributed by atoms with E-state index in [2.05, 4.69) is 37.0 Å². The summed E-state index contributed by atoms with van der Waals surface area (Å²) in [6.45, 7) is 15.6. The normalized spacial score (nSPS) is 22.6. The maximum Gasteiger partial charge on any atom is 0.262 e. The molecule has 9 rings (SSSR count). The molecule has 5 fully saturated rings. The number of rotatable bonds is 8. The topological polar surface area (TPSA) is 127 Å². The van der Waals surface area contributed by atoms with Gasteiger partial charge in [0, 0.05) is 95.1 Å². The molecule has 1 spiro atoms. The van der Waals surface area contributed by atoms with Crippen LogP contribution in [0.4, 0.5) is 17.1 Å². The van der Waals surface area contributed by atoms with Crippen LogP contribution in [0.1, 0.15) is 82.4 Å². The number of piperidine rings is 4. The molecular formula is C45H48ClN7O6. The number of anilines is 2. The first-order valence-electron chi connectivity index (χ1n) is 20.9. The molecule has 13 nitrogen and oxygen atoms in total. The highest BCUT2D eigenvalue weighted by Crippen LogP contribution is 2.42. The number of ether oxygens (including phenoxy) is 1. The van der Waals surface area contributed by atoms with Crippen LogP contribution in [0.3, 0.4) is 0 Å². The number of halogens is 1. The standard InChI is InChI=1S/C45H48ClN7O6/c1-47-38-9-7-34(25-37(38)46)59-33-14-20-52(21-15-33)42(56)30-2-4-31(5-3-30)51-22-16-45(17-23-51)27-49(28-45)26-29-12-18-50(19-13-29)32-6-8-35-36(24-32)44(58)53(43(35)57)39-10-11-40(54)48-41(39)55/h2-9,24-25,29,33,39H,10-23,26-28H2,(H,48,54,55). The Bertz CT molecular complexity index is 2210. The quantitative estimate of drug-likeness (QED) is 0.222. The number of hydrogen-bond acceptors (Lipinski definition) is 9. The molecule has 1 unspecified atom stereocenters. The van der Waals surface area contributed by atoms with E-state index in [1.807, 2.05) is 23.1 Å². The molecular weight excluding hydrogens is 770 g/mol. The number of carbonyl (C=O) groups is 5. The highest BCUT2D eigenvalue weighted by atomic mass is 35.5. The lowest BCUT2D eigenvalue weighted by Gasteiger charge is -2.55. The predicted octanol–water partition coefficient (Wildman–Crippen LogP) is 5.79. The Morgan fingerprint density at radius 1 is 0.797 bits per heavy atom. The van der Waals surface area contributed by atoms with Crippen LogP contribution in [0, 0.1) is 17.9 Å². The summed E-state index contributed by atoms with van der Waals surface area (Å²) < 4.78 is 6.11.